The molecule has 2 atom stereocenters. The van der Waals surface area contributed by atoms with Gasteiger partial charge in [-0.3, -0.25) is 4.68 Å². The van der Waals surface area contributed by atoms with E-state index in [0.29, 0.717) is 6.04 Å². The number of aryl methyl sites for hydroxylation is 1. The van der Waals surface area contributed by atoms with E-state index in [0.717, 1.165) is 18.2 Å². The highest BCUT2D eigenvalue weighted by molar-refractivity contribution is 4.95. The lowest BCUT2D eigenvalue weighted by molar-refractivity contribution is 0.258. The summed E-state index contributed by atoms with van der Waals surface area (Å²) in [5, 5.41) is 7.95. The van der Waals surface area contributed by atoms with E-state index in [1.54, 1.807) is 0 Å². The third-order valence-corrected chi connectivity index (χ3v) is 3.12. The number of rotatable bonds is 2. The Morgan fingerprint density at radius 1 is 1.64 bits per heavy atom. The molecule has 14 heavy (non-hydrogen) atoms. The van der Waals surface area contributed by atoms with Crippen molar-refractivity contribution in [1.29, 1.82) is 0 Å². The smallest absolute Gasteiger partial charge is 0.0593 e. The average molecular weight is 193 g/mol. The van der Waals surface area contributed by atoms with Crippen LogP contribution in [0.15, 0.2) is 12.3 Å². The molecular weight excluding hydrogens is 174 g/mol. The number of hydrogen-bond acceptors (Lipinski definition) is 2. The lowest BCUT2D eigenvalue weighted by atomic mass is 9.92. The highest BCUT2D eigenvalue weighted by Crippen LogP contribution is 2.17. The molecule has 1 fully saturated rings. The minimum atomic E-state index is 0.633. The highest BCUT2D eigenvalue weighted by atomic mass is 15.3. The number of nitrogens with zero attached hydrogens (tertiary/aromatic N) is 2. The van der Waals surface area contributed by atoms with Gasteiger partial charge in [-0.25, -0.2) is 0 Å². The fourth-order valence-corrected chi connectivity index (χ4v) is 2.17. The van der Waals surface area contributed by atoms with Gasteiger partial charge in [0.25, 0.3) is 0 Å². The molecule has 1 aliphatic rings. The van der Waals surface area contributed by atoms with Crippen molar-refractivity contribution in [2.24, 2.45) is 5.92 Å². The van der Waals surface area contributed by atoms with Gasteiger partial charge >= 0.3 is 0 Å². The van der Waals surface area contributed by atoms with E-state index in [2.05, 4.69) is 34.3 Å². The van der Waals surface area contributed by atoms with Crippen LogP contribution >= 0.6 is 0 Å². The van der Waals surface area contributed by atoms with Crippen LogP contribution in [0.1, 0.15) is 25.5 Å². The minimum Gasteiger partial charge on any atom is -0.314 e. The van der Waals surface area contributed by atoms with Gasteiger partial charge in [0.1, 0.15) is 0 Å². The first-order valence-corrected chi connectivity index (χ1v) is 5.49. The van der Waals surface area contributed by atoms with E-state index in [-0.39, 0.29) is 0 Å². The number of aromatic nitrogens is 2. The van der Waals surface area contributed by atoms with E-state index >= 15 is 0 Å². The van der Waals surface area contributed by atoms with E-state index < -0.39 is 0 Å². The molecule has 0 aliphatic carbocycles. The Hall–Kier alpha value is -0.830. The van der Waals surface area contributed by atoms with Gasteiger partial charge in [0, 0.05) is 18.8 Å². The molecule has 2 heterocycles. The van der Waals surface area contributed by atoms with Crippen LogP contribution in [-0.4, -0.2) is 22.4 Å². The summed E-state index contributed by atoms with van der Waals surface area (Å²) in [5.74, 6) is 0.739. The molecule has 0 saturated carbocycles. The summed E-state index contributed by atoms with van der Waals surface area (Å²) in [5.41, 5.74) is 1.11. The molecule has 1 aliphatic heterocycles. The maximum atomic E-state index is 4.43. The van der Waals surface area contributed by atoms with Crippen molar-refractivity contribution in [3.05, 3.63) is 18.0 Å². The maximum absolute atomic E-state index is 4.43. The summed E-state index contributed by atoms with van der Waals surface area (Å²) in [6.45, 7) is 6.55. The SMILES string of the molecule is Cc1ccn(CC2CCCNC2C)n1. The molecular formula is C11H19N3. The van der Waals surface area contributed by atoms with Crippen LogP contribution in [-0.2, 0) is 6.54 Å². The van der Waals surface area contributed by atoms with Crippen LogP contribution < -0.4 is 5.32 Å². The zero-order valence-electron chi connectivity index (χ0n) is 9.03. The Kier molecular flexibility index (Phi) is 2.87. The molecule has 2 unspecified atom stereocenters. The zero-order chi connectivity index (χ0) is 9.97. The van der Waals surface area contributed by atoms with Crippen molar-refractivity contribution >= 4 is 0 Å². The molecule has 0 bridgehead atoms. The first-order chi connectivity index (χ1) is 6.75. The molecule has 2 rings (SSSR count). The minimum absolute atomic E-state index is 0.633. The van der Waals surface area contributed by atoms with Crippen LogP contribution in [0.2, 0.25) is 0 Å². The fourth-order valence-electron chi connectivity index (χ4n) is 2.17. The van der Waals surface area contributed by atoms with Crippen molar-refractivity contribution < 1.29 is 0 Å². The third kappa shape index (κ3) is 2.15. The molecule has 3 nitrogen and oxygen atoms in total. The first kappa shape index (κ1) is 9.71. The molecule has 0 aromatic carbocycles. The molecule has 0 amide bonds. The summed E-state index contributed by atoms with van der Waals surface area (Å²) in [6, 6.07) is 2.70. The van der Waals surface area contributed by atoms with Gasteiger partial charge in [0.15, 0.2) is 0 Å². The molecule has 1 N–H and O–H groups in total. The molecule has 0 radical (unpaired) electrons. The Morgan fingerprint density at radius 2 is 2.50 bits per heavy atom. The molecule has 78 valence electrons. The third-order valence-electron chi connectivity index (χ3n) is 3.12. The van der Waals surface area contributed by atoms with Crippen LogP contribution in [0.4, 0.5) is 0 Å². The quantitative estimate of drug-likeness (QED) is 0.773. The second kappa shape index (κ2) is 4.13. The summed E-state index contributed by atoms with van der Waals surface area (Å²) in [6.07, 6.45) is 4.71. The number of piperidine rings is 1. The van der Waals surface area contributed by atoms with Crippen molar-refractivity contribution in [1.82, 2.24) is 15.1 Å². The van der Waals surface area contributed by atoms with Crippen molar-refractivity contribution in [3.63, 3.8) is 0 Å². The van der Waals surface area contributed by atoms with E-state index in [9.17, 15) is 0 Å². The molecule has 0 spiro atoms. The zero-order valence-corrected chi connectivity index (χ0v) is 9.03. The normalized spacial score (nSPS) is 27.9. The molecule has 1 saturated heterocycles. The Balaban J connectivity index is 1.95. The topological polar surface area (TPSA) is 29.9 Å². The van der Waals surface area contributed by atoms with E-state index in [1.165, 1.54) is 19.4 Å². The predicted octanol–water partition coefficient (Wildman–Crippen LogP) is 1.58. The number of nitrogens with one attached hydrogen (secondary N) is 1. The first-order valence-electron chi connectivity index (χ1n) is 5.49. The summed E-state index contributed by atoms with van der Waals surface area (Å²) in [7, 11) is 0. The van der Waals surface area contributed by atoms with Crippen LogP contribution in [0, 0.1) is 12.8 Å². The van der Waals surface area contributed by atoms with E-state index in [4.69, 9.17) is 0 Å². The Labute approximate surface area is 85.5 Å². The second-order valence-electron chi connectivity index (χ2n) is 4.32. The maximum Gasteiger partial charge on any atom is 0.0593 e. The van der Waals surface area contributed by atoms with Gasteiger partial charge in [0.2, 0.25) is 0 Å². The van der Waals surface area contributed by atoms with Crippen molar-refractivity contribution in [2.45, 2.75) is 39.3 Å². The van der Waals surface area contributed by atoms with Crippen molar-refractivity contribution in [2.75, 3.05) is 6.54 Å². The second-order valence-corrected chi connectivity index (χ2v) is 4.32. The van der Waals surface area contributed by atoms with Gasteiger partial charge < -0.3 is 5.32 Å². The van der Waals surface area contributed by atoms with Gasteiger partial charge in [-0.05, 0) is 45.2 Å². The molecule has 1 aromatic heterocycles. The van der Waals surface area contributed by atoms with Gasteiger partial charge in [-0.1, -0.05) is 0 Å². The largest absolute Gasteiger partial charge is 0.314 e. The average Bonchev–Trinajstić information content (AvgIpc) is 2.56. The van der Waals surface area contributed by atoms with Gasteiger partial charge in [-0.15, -0.1) is 0 Å². The summed E-state index contributed by atoms with van der Waals surface area (Å²) < 4.78 is 2.07. The lowest BCUT2D eigenvalue weighted by Gasteiger charge is -2.29. The summed E-state index contributed by atoms with van der Waals surface area (Å²) >= 11 is 0. The van der Waals surface area contributed by atoms with Crippen LogP contribution in [0.3, 0.4) is 0 Å². The fraction of sp³-hybridized carbons (Fsp3) is 0.727. The van der Waals surface area contributed by atoms with Gasteiger partial charge in [-0.2, -0.15) is 5.10 Å². The highest BCUT2D eigenvalue weighted by Gasteiger charge is 2.20. The van der Waals surface area contributed by atoms with Crippen LogP contribution in [0.5, 0.6) is 0 Å². The Morgan fingerprint density at radius 3 is 3.14 bits per heavy atom. The molecule has 1 aromatic rings. The van der Waals surface area contributed by atoms with Crippen molar-refractivity contribution in [3.8, 4) is 0 Å². The standard InChI is InChI=1S/C11H19N3/c1-9-5-7-14(13-9)8-11-4-3-6-12-10(11)2/h5,7,10-12H,3-4,6,8H2,1-2H3. The van der Waals surface area contributed by atoms with E-state index in [1.807, 2.05) is 6.92 Å². The lowest BCUT2D eigenvalue weighted by Crippen LogP contribution is -2.40. The predicted molar refractivity (Wildman–Crippen MR) is 57.2 cm³/mol. The monoisotopic (exact) mass is 193 g/mol. The molecule has 3 heteroatoms. The Bertz CT molecular complexity index is 292. The number of hydrogen-bond donors (Lipinski definition) is 1. The van der Waals surface area contributed by atoms with Crippen LogP contribution in [0.25, 0.3) is 0 Å². The summed E-state index contributed by atoms with van der Waals surface area (Å²) in [4.78, 5) is 0. The van der Waals surface area contributed by atoms with Gasteiger partial charge in [0.05, 0.1) is 5.69 Å².